The van der Waals surface area contributed by atoms with Crippen molar-refractivity contribution < 1.29 is 14.1 Å². The van der Waals surface area contributed by atoms with E-state index < -0.39 is 11.9 Å². The monoisotopic (exact) mass is 472 g/mol. The largest absolute Gasteiger partial charge is 0.359 e. The summed E-state index contributed by atoms with van der Waals surface area (Å²) in [5.41, 5.74) is 8.31. The number of nitrogens with two attached hydrogens (primary N) is 1. The number of carbonyl (C=O) groups is 2. The lowest BCUT2D eigenvalue weighted by Crippen LogP contribution is -2.49. The average Bonchev–Trinajstić information content (AvgIpc) is 3.00. The Balaban J connectivity index is 2.09. The number of halogens is 4. The van der Waals surface area contributed by atoms with Crippen LogP contribution in [0.1, 0.15) is 16.1 Å². The van der Waals surface area contributed by atoms with Gasteiger partial charge < -0.3 is 10.3 Å². The number of primary amides is 1. The zero-order chi connectivity index (χ0) is 21.3. The predicted octanol–water partition coefficient (Wildman–Crippen LogP) is 5.49. The molecule has 29 heavy (non-hydrogen) atoms. The van der Waals surface area contributed by atoms with Gasteiger partial charge >= 0.3 is 6.03 Å². The molecule has 0 unspecified atom stereocenters. The van der Waals surface area contributed by atoms with Gasteiger partial charge in [0, 0.05) is 5.56 Å². The summed E-state index contributed by atoms with van der Waals surface area (Å²) in [7, 11) is 0. The number of nitrogens with zero attached hydrogens (tertiary/aromatic N) is 2. The molecule has 0 aliphatic rings. The van der Waals surface area contributed by atoms with Crippen LogP contribution >= 0.6 is 46.4 Å². The highest BCUT2D eigenvalue weighted by atomic mass is 35.5. The van der Waals surface area contributed by atoms with Crippen LogP contribution in [0.5, 0.6) is 0 Å². The molecule has 3 rings (SSSR count). The Kier molecular flexibility index (Phi) is 6.24. The SMILES string of the molecule is Cc1onc(-c2c(Cl)cccc2Cl)c1N(NC(=O)c1c(Cl)cccc1Cl)C(N)=O. The van der Waals surface area contributed by atoms with Crippen molar-refractivity contribution >= 4 is 64.0 Å². The van der Waals surface area contributed by atoms with Crippen LogP contribution < -0.4 is 16.2 Å². The summed E-state index contributed by atoms with van der Waals surface area (Å²) in [4.78, 5) is 24.9. The van der Waals surface area contributed by atoms with E-state index in [0.29, 0.717) is 5.56 Å². The molecule has 0 aliphatic heterocycles. The first-order valence-corrected chi connectivity index (χ1v) is 9.48. The summed E-state index contributed by atoms with van der Waals surface area (Å²) in [5, 5.41) is 5.40. The zero-order valence-electron chi connectivity index (χ0n) is 14.7. The molecule has 150 valence electrons. The van der Waals surface area contributed by atoms with Crippen molar-refractivity contribution in [3.05, 3.63) is 67.8 Å². The van der Waals surface area contributed by atoms with Crippen LogP contribution in [0, 0.1) is 6.92 Å². The molecule has 0 bridgehead atoms. The molecule has 11 heteroatoms. The van der Waals surface area contributed by atoms with Gasteiger partial charge in [-0.05, 0) is 31.2 Å². The molecule has 7 nitrogen and oxygen atoms in total. The summed E-state index contributed by atoms with van der Waals surface area (Å²) in [6, 6.07) is 8.36. The molecule has 0 spiro atoms. The molecule has 1 aromatic heterocycles. The number of carbonyl (C=O) groups excluding carboxylic acids is 2. The van der Waals surface area contributed by atoms with Crippen molar-refractivity contribution in [2.24, 2.45) is 5.73 Å². The quantitative estimate of drug-likeness (QED) is 0.490. The molecule has 0 aliphatic carbocycles. The van der Waals surface area contributed by atoms with Crippen LogP contribution in [0.3, 0.4) is 0 Å². The van der Waals surface area contributed by atoms with Crippen LogP contribution in [-0.2, 0) is 0 Å². The smallest absolute Gasteiger partial charge is 0.338 e. The third kappa shape index (κ3) is 4.13. The van der Waals surface area contributed by atoms with Gasteiger partial charge in [-0.15, -0.1) is 0 Å². The lowest BCUT2D eigenvalue weighted by atomic mass is 10.1. The first-order valence-electron chi connectivity index (χ1n) is 7.97. The second-order valence-electron chi connectivity index (χ2n) is 5.74. The van der Waals surface area contributed by atoms with Gasteiger partial charge in [-0.25, -0.2) is 4.79 Å². The van der Waals surface area contributed by atoms with Gasteiger partial charge in [0.2, 0.25) is 0 Å². The number of rotatable bonds is 3. The Morgan fingerprint density at radius 3 is 2.03 bits per heavy atom. The standard InChI is InChI=1S/C18H12Cl4N4O3/c1-8-16(15(25-29-8)13-9(19)4-2-5-10(13)20)26(18(23)28)24-17(27)14-11(21)6-3-7-12(14)22/h2-7H,1H3,(H2,23,28)(H,24,27). The molecule has 3 amide bonds. The van der Waals surface area contributed by atoms with Crippen LogP contribution in [0.2, 0.25) is 20.1 Å². The Morgan fingerprint density at radius 2 is 1.52 bits per heavy atom. The van der Waals surface area contributed by atoms with Crippen molar-refractivity contribution in [3.63, 3.8) is 0 Å². The zero-order valence-corrected chi connectivity index (χ0v) is 17.7. The van der Waals surface area contributed by atoms with Crippen molar-refractivity contribution in [2.45, 2.75) is 6.92 Å². The van der Waals surface area contributed by atoms with Gasteiger partial charge in [-0.1, -0.05) is 63.7 Å². The highest BCUT2D eigenvalue weighted by Gasteiger charge is 2.29. The third-order valence-electron chi connectivity index (χ3n) is 3.88. The van der Waals surface area contributed by atoms with Crippen molar-refractivity contribution in [3.8, 4) is 11.3 Å². The number of benzene rings is 2. The summed E-state index contributed by atoms with van der Waals surface area (Å²) in [5.74, 6) is -0.587. The molecule has 2 aromatic carbocycles. The molecule has 1 heterocycles. The van der Waals surface area contributed by atoms with Crippen LogP contribution in [0.25, 0.3) is 11.3 Å². The molecule has 0 saturated heterocycles. The van der Waals surface area contributed by atoms with E-state index in [0.717, 1.165) is 5.01 Å². The lowest BCUT2D eigenvalue weighted by Gasteiger charge is -2.22. The number of nitrogens with one attached hydrogen (secondary N) is 1. The van der Waals surface area contributed by atoms with Crippen molar-refractivity contribution in [1.82, 2.24) is 10.6 Å². The van der Waals surface area contributed by atoms with E-state index in [1.807, 2.05) is 0 Å². The molecule has 0 radical (unpaired) electrons. The van der Waals surface area contributed by atoms with Gasteiger partial charge in [-0.3, -0.25) is 10.2 Å². The van der Waals surface area contributed by atoms with Crippen molar-refractivity contribution in [2.75, 3.05) is 5.01 Å². The van der Waals surface area contributed by atoms with E-state index in [-0.39, 0.29) is 42.8 Å². The minimum Gasteiger partial charge on any atom is -0.359 e. The number of hydrogen-bond acceptors (Lipinski definition) is 4. The molecule has 3 N–H and O–H groups in total. The van der Waals surface area contributed by atoms with Gasteiger partial charge in [0.1, 0.15) is 11.4 Å². The van der Waals surface area contributed by atoms with Gasteiger partial charge in [0.25, 0.3) is 5.91 Å². The molecule has 0 fully saturated rings. The van der Waals surface area contributed by atoms with Gasteiger partial charge in [0.15, 0.2) is 5.76 Å². The Labute approximate surface area is 185 Å². The maximum atomic E-state index is 12.8. The van der Waals surface area contributed by atoms with Gasteiger partial charge in [-0.2, -0.15) is 5.01 Å². The summed E-state index contributed by atoms with van der Waals surface area (Å²) in [6.45, 7) is 1.53. The van der Waals surface area contributed by atoms with E-state index >= 15 is 0 Å². The Bertz CT molecular complexity index is 1080. The predicted molar refractivity (Wildman–Crippen MR) is 113 cm³/mol. The van der Waals surface area contributed by atoms with Crippen molar-refractivity contribution in [1.29, 1.82) is 0 Å². The van der Waals surface area contributed by atoms with Crippen LogP contribution in [0.15, 0.2) is 40.9 Å². The third-order valence-corrected chi connectivity index (χ3v) is 5.14. The molecule has 0 saturated carbocycles. The lowest BCUT2D eigenvalue weighted by molar-refractivity contribution is 0.0951. The maximum Gasteiger partial charge on any atom is 0.338 e. The maximum absolute atomic E-state index is 12.8. The van der Waals surface area contributed by atoms with Gasteiger partial charge in [0.05, 0.1) is 25.7 Å². The van der Waals surface area contributed by atoms with Crippen LogP contribution in [0.4, 0.5) is 10.5 Å². The fourth-order valence-corrected chi connectivity index (χ4v) is 3.76. The minimum atomic E-state index is -1.02. The van der Waals surface area contributed by atoms with E-state index in [4.69, 9.17) is 56.7 Å². The first-order chi connectivity index (χ1) is 13.7. The Morgan fingerprint density at radius 1 is 1.00 bits per heavy atom. The highest BCUT2D eigenvalue weighted by molar-refractivity contribution is 6.40. The highest BCUT2D eigenvalue weighted by Crippen LogP contribution is 2.40. The average molecular weight is 474 g/mol. The number of hydrazine groups is 1. The Hall–Kier alpha value is -2.45. The fraction of sp³-hybridized carbons (Fsp3) is 0.0556. The first kappa shape index (κ1) is 21.3. The van der Waals surface area contributed by atoms with Crippen LogP contribution in [-0.4, -0.2) is 17.1 Å². The number of urea groups is 1. The number of amides is 3. The summed E-state index contributed by atoms with van der Waals surface area (Å²) >= 11 is 24.6. The van der Waals surface area contributed by atoms with E-state index in [1.165, 1.54) is 19.1 Å². The number of aromatic nitrogens is 1. The molecular formula is C18H12Cl4N4O3. The number of aryl methyl sites for hydroxylation is 1. The molecule has 0 atom stereocenters. The minimum absolute atomic E-state index is 0.0338. The number of anilines is 1. The fourth-order valence-electron chi connectivity index (χ4n) is 2.61. The second kappa shape index (κ2) is 8.51. The normalized spacial score (nSPS) is 10.7. The second-order valence-corrected chi connectivity index (χ2v) is 7.37. The van der Waals surface area contributed by atoms with E-state index in [2.05, 4.69) is 10.6 Å². The number of hydrogen-bond donors (Lipinski definition) is 2. The molecular weight excluding hydrogens is 462 g/mol. The summed E-state index contributed by atoms with van der Waals surface area (Å²) in [6.07, 6.45) is 0. The van der Waals surface area contributed by atoms with E-state index in [1.54, 1.807) is 24.3 Å². The molecule has 3 aromatic rings. The van der Waals surface area contributed by atoms with E-state index in [9.17, 15) is 9.59 Å². The topological polar surface area (TPSA) is 101 Å². The summed E-state index contributed by atoms with van der Waals surface area (Å²) < 4.78 is 5.21.